The largest absolute Gasteiger partial charge is 0.451 e. The molecule has 0 bridgehead atoms. The van der Waals surface area contributed by atoms with Crippen LogP contribution in [0, 0.1) is 5.92 Å². The molecule has 0 unspecified atom stereocenters. The van der Waals surface area contributed by atoms with E-state index in [1.807, 2.05) is 52.7 Å². The van der Waals surface area contributed by atoms with Crippen LogP contribution in [0.3, 0.4) is 0 Å². The van der Waals surface area contributed by atoms with Gasteiger partial charge in [0.1, 0.15) is 16.4 Å². The highest BCUT2D eigenvalue weighted by Gasteiger charge is 2.27. The Labute approximate surface area is 170 Å². The Balaban J connectivity index is 1.25. The van der Waals surface area contributed by atoms with Crippen molar-refractivity contribution in [3.05, 3.63) is 69.9 Å². The van der Waals surface area contributed by atoms with E-state index in [-0.39, 0.29) is 11.6 Å². The zero-order valence-electron chi connectivity index (χ0n) is 15.7. The van der Waals surface area contributed by atoms with Crippen LogP contribution in [0.5, 0.6) is 0 Å². The van der Waals surface area contributed by atoms with Crippen LogP contribution in [0.15, 0.2) is 57.1 Å². The highest BCUT2D eigenvalue weighted by Crippen LogP contribution is 2.25. The van der Waals surface area contributed by atoms with Crippen molar-refractivity contribution in [2.45, 2.75) is 19.3 Å². The Morgan fingerprint density at radius 1 is 1.21 bits per heavy atom. The summed E-state index contributed by atoms with van der Waals surface area (Å²) in [7, 11) is 0. The molecule has 1 amide bonds. The quantitative estimate of drug-likeness (QED) is 0.560. The van der Waals surface area contributed by atoms with Gasteiger partial charge in [-0.25, -0.2) is 14.5 Å². The Bertz CT molecular complexity index is 1160. The number of likely N-dealkylation sites (tertiary alicyclic amines) is 1. The SMILES string of the molecule is O=C(c1cc2ccccc2o1)N1CCC(Cc2n[nH]c(=O)n2-c2cccs2)CC1. The van der Waals surface area contributed by atoms with Gasteiger partial charge in [0.05, 0.1) is 0 Å². The second-order valence-electron chi connectivity index (χ2n) is 7.32. The Hall–Kier alpha value is -3.13. The monoisotopic (exact) mass is 408 g/mol. The highest BCUT2D eigenvalue weighted by atomic mass is 32.1. The molecule has 4 aromatic rings. The molecule has 1 fully saturated rings. The van der Waals surface area contributed by atoms with Crippen molar-refractivity contribution < 1.29 is 9.21 Å². The van der Waals surface area contributed by atoms with Crippen molar-refractivity contribution in [1.29, 1.82) is 0 Å². The molecule has 5 rings (SSSR count). The normalized spacial score (nSPS) is 15.2. The van der Waals surface area contributed by atoms with Crippen LogP contribution in [0.4, 0.5) is 0 Å². The first kappa shape index (κ1) is 17.9. The van der Waals surface area contributed by atoms with Crippen LogP contribution in [-0.4, -0.2) is 38.7 Å². The maximum atomic E-state index is 12.8. The van der Waals surface area contributed by atoms with E-state index >= 15 is 0 Å². The van der Waals surface area contributed by atoms with Crippen molar-refractivity contribution in [2.24, 2.45) is 5.92 Å². The van der Waals surface area contributed by atoms with E-state index in [0.717, 1.165) is 34.6 Å². The Kier molecular flexibility index (Phi) is 4.55. The third-order valence-electron chi connectivity index (χ3n) is 5.48. The van der Waals surface area contributed by atoms with Gasteiger partial charge < -0.3 is 9.32 Å². The minimum Gasteiger partial charge on any atom is -0.451 e. The summed E-state index contributed by atoms with van der Waals surface area (Å²) in [5, 5.41) is 10.5. The predicted octanol–water partition coefficient (Wildman–Crippen LogP) is 3.46. The number of rotatable bonds is 4. The molecule has 0 aliphatic carbocycles. The van der Waals surface area contributed by atoms with Crippen molar-refractivity contribution in [3.63, 3.8) is 0 Å². The summed E-state index contributed by atoms with van der Waals surface area (Å²) in [5.41, 5.74) is 0.524. The van der Waals surface area contributed by atoms with Crippen LogP contribution >= 0.6 is 11.3 Å². The number of aromatic amines is 1. The first-order chi connectivity index (χ1) is 14.2. The second kappa shape index (κ2) is 7.36. The number of furan rings is 1. The van der Waals surface area contributed by atoms with Gasteiger partial charge in [0.2, 0.25) is 0 Å². The molecule has 148 valence electrons. The van der Waals surface area contributed by atoms with E-state index in [1.54, 1.807) is 4.57 Å². The maximum absolute atomic E-state index is 12.8. The fourth-order valence-corrected chi connectivity index (χ4v) is 4.68. The average molecular weight is 408 g/mol. The summed E-state index contributed by atoms with van der Waals surface area (Å²) in [5.74, 6) is 1.46. The van der Waals surface area contributed by atoms with E-state index in [0.29, 0.717) is 31.2 Å². The molecule has 1 aliphatic rings. The number of para-hydroxylation sites is 1. The molecule has 0 spiro atoms. The number of carbonyl (C=O) groups is 1. The van der Waals surface area contributed by atoms with Crippen molar-refractivity contribution in [3.8, 4) is 5.00 Å². The smallest absolute Gasteiger partial charge is 0.348 e. The van der Waals surface area contributed by atoms with Crippen molar-refractivity contribution >= 4 is 28.2 Å². The zero-order chi connectivity index (χ0) is 19.8. The highest BCUT2D eigenvalue weighted by molar-refractivity contribution is 7.12. The van der Waals surface area contributed by atoms with Gasteiger partial charge in [-0.3, -0.25) is 4.79 Å². The second-order valence-corrected chi connectivity index (χ2v) is 8.25. The summed E-state index contributed by atoms with van der Waals surface area (Å²) in [6.45, 7) is 1.35. The average Bonchev–Trinajstić information content (AvgIpc) is 3.48. The number of piperidine rings is 1. The summed E-state index contributed by atoms with van der Waals surface area (Å²) < 4.78 is 7.37. The standard InChI is InChI=1S/C21H20N4O3S/c26-20(17-13-15-4-1-2-5-16(15)28-17)24-9-7-14(8-10-24)12-18-22-23-21(27)25(18)19-6-3-11-29-19/h1-6,11,13-14H,7-10,12H2,(H,23,27). The summed E-state index contributed by atoms with van der Waals surface area (Å²) in [4.78, 5) is 26.8. The van der Waals surface area contributed by atoms with E-state index in [2.05, 4.69) is 10.2 Å². The van der Waals surface area contributed by atoms with Gasteiger partial charge in [-0.05, 0) is 48.4 Å². The summed E-state index contributed by atoms with van der Waals surface area (Å²) in [6.07, 6.45) is 2.46. The molecule has 0 atom stereocenters. The Morgan fingerprint density at radius 3 is 2.79 bits per heavy atom. The Morgan fingerprint density at radius 2 is 2.03 bits per heavy atom. The maximum Gasteiger partial charge on any atom is 0.348 e. The van der Waals surface area contributed by atoms with Crippen LogP contribution in [0.2, 0.25) is 0 Å². The lowest BCUT2D eigenvalue weighted by atomic mass is 9.93. The van der Waals surface area contributed by atoms with Gasteiger partial charge in [-0.2, -0.15) is 5.10 Å². The van der Waals surface area contributed by atoms with Gasteiger partial charge in [-0.1, -0.05) is 18.2 Å². The van der Waals surface area contributed by atoms with Crippen molar-refractivity contribution in [2.75, 3.05) is 13.1 Å². The van der Waals surface area contributed by atoms with Crippen LogP contribution in [0.25, 0.3) is 16.0 Å². The molecule has 0 radical (unpaired) electrons. The van der Waals surface area contributed by atoms with Crippen LogP contribution < -0.4 is 5.69 Å². The molecule has 1 aromatic carbocycles. The van der Waals surface area contributed by atoms with E-state index in [9.17, 15) is 9.59 Å². The molecular formula is C21H20N4O3S. The third-order valence-corrected chi connectivity index (χ3v) is 6.33. The number of fused-ring (bicyclic) bond motifs is 1. The van der Waals surface area contributed by atoms with Gasteiger partial charge in [-0.15, -0.1) is 11.3 Å². The summed E-state index contributed by atoms with van der Waals surface area (Å²) >= 11 is 1.51. The minimum atomic E-state index is -0.208. The molecule has 3 aromatic heterocycles. The van der Waals surface area contributed by atoms with Gasteiger partial charge in [0.25, 0.3) is 5.91 Å². The number of nitrogens with zero attached hydrogens (tertiary/aromatic N) is 3. The fourth-order valence-electron chi connectivity index (χ4n) is 3.93. The molecular weight excluding hydrogens is 388 g/mol. The number of aromatic nitrogens is 3. The number of hydrogen-bond donors (Lipinski definition) is 1. The number of amides is 1. The predicted molar refractivity (Wildman–Crippen MR) is 111 cm³/mol. The lowest BCUT2D eigenvalue weighted by Gasteiger charge is -2.31. The molecule has 1 N–H and O–H groups in total. The molecule has 8 heteroatoms. The molecule has 1 saturated heterocycles. The number of carbonyl (C=O) groups excluding carboxylic acids is 1. The van der Waals surface area contributed by atoms with Gasteiger partial charge in [0.15, 0.2) is 5.76 Å². The fraction of sp³-hybridized carbons (Fsp3) is 0.286. The van der Waals surface area contributed by atoms with Crippen LogP contribution in [-0.2, 0) is 6.42 Å². The number of thiophene rings is 1. The molecule has 7 nitrogen and oxygen atoms in total. The molecule has 1 aliphatic heterocycles. The zero-order valence-corrected chi connectivity index (χ0v) is 16.5. The van der Waals surface area contributed by atoms with Crippen molar-refractivity contribution in [1.82, 2.24) is 19.7 Å². The number of H-pyrrole nitrogens is 1. The summed E-state index contributed by atoms with van der Waals surface area (Å²) in [6, 6.07) is 13.3. The van der Waals surface area contributed by atoms with Gasteiger partial charge in [0, 0.05) is 24.9 Å². The topological polar surface area (TPSA) is 84.1 Å². The first-order valence-corrected chi connectivity index (χ1v) is 10.5. The number of benzene rings is 1. The van der Waals surface area contributed by atoms with Crippen LogP contribution in [0.1, 0.15) is 29.2 Å². The molecule has 0 saturated carbocycles. The number of hydrogen-bond acceptors (Lipinski definition) is 5. The minimum absolute atomic E-state index is 0.0603. The van der Waals surface area contributed by atoms with E-state index < -0.39 is 0 Å². The third kappa shape index (κ3) is 3.40. The number of nitrogens with one attached hydrogen (secondary N) is 1. The molecule has 4 heterocycles. The van der Waals surface area contributed by atoms with E-state index in [1.165, 1.54) is 11.3 Å². The lowest BCUT2D eigenvalue weighted by molar-refractivity contribution is 0.0660. The lowest BCUT2D eigenvalue weighted by Crippen LogP contribution is -2.39. The first-order valence-electron chi connectivity index (χ1n) is 9.67. The molecule has 29 heavy (non-hydrogen) atoms. The van der Waals surface area contributed by atoms with E-state index in [4.69, 9.17) is 4.42 Å². The van der Waals surface area contributed by atoms with Gasteiger partial charge >= 0.3 is 5.69 Å².